The highest BCUT2D eigenvalue weighted by Crippen LogP contribution is 2.45. The van der Waals surface area contributed by atoms with Crippen LogP contribution in [-0.2, 0) is 55.8 Å². The van der Waals surface area contributed by atoms with E-state index >= 15 is 0 Å². The Morgan fingerprint density at radius 2 is 0.450 bits per heavy atom. The van der Waals surface area contributed by atoms with E-state index in [2.05, 4.69) is 191 Å². The molecule has 18 heteroatoms. The van der Waals surface area contributed by atoms with Gasteiger partial charge >= 0.3 is 33.6 Å². The first kappa shape index (κ1) is 106. The second kappa shape index (κ2) is 84.3. The van der Waals surface area contributed by atoms with Crippen LogP contribution in [0, 0.1) is 0 Å². The summed E-state index contributed by atoms with van der Waals surface area (Å²) in [6.45, 7) is 2.32. The molecule has 111 heavy (non-hydrogen) atoms. The summed E-state index contributed by atoms with van der Waals surface area (Å²) in [7, 11) is -9.82. The highest BCUT2D eigenvalue weighted by Gasteiger charge is 2.29. The summed E-state index contributed by atoms with van der Waals surface area (Å²) in [6.07, 6.45) is 108. The molecule has 0 aromatic carbocycles. The molecule has 0 amide bonds. The third kappa shape index (κ3) is 85.6. The van der Waals surface area contributed by atoms with Gasteiger partial charge in [0.25, 0.3) is 0 Å². The second-order valence-electron chi connectivity index (χ2n) is 28.5. The van der Waals surface area contributed by atoms with Crippen molar-refractivity contribution in [3.8, 4) is 0 Å². The number of unbranched alkanes of at least 4 members (excludes halogenated alkanes) is 30. The summed E-state index contributed by atoms with van der Waals surface area (Å²) in [5.74, 6) is -1.61. The maximum absolute atomic E-state index is 13.0. The highest BCUT2D eigenvalue weighted by molar-refractivity contribution is 7.47. The Kier molecular flexibility index (Phi) is 80.4. The maximum Gasteiger partial charge on any atom is 0.472 e. The molecule has 5 unspecified atom stereocenters. The number of carbonyl (C=O) groups excluding carboxylic acids is 3. The van der Waals surface area contributed by atoms with Gasteiger partial charge in [-0.15, -0.1) is 0 Å². The Hall–Kier alpha value is -5.09. The molecule has 634 valence electrons. The molecule has 16 nitrogen and oxygen atoms in total. The van der Waals surface area contributed by atoms with E-state index in [4.69, 9.17) is 32.3 Å². The van der Waals surface area contributed by atoms with Crippen molar-refractivity contribution in [2.45, 2.75) is 360 Å². The van der Waals surface area contributed by atoms with Crippen molar-refractivity contribution < 1.29 is 75.8 Å². The standard InChI is InChI=1S/C93H156O16P2/c1-4-7-10-13-16-19-22-25-28-31-34-36-37-38-39-40-41-42-43-44-45-46-47-48-49-51-54-55-58-61-64-67-70-73-76-79-91(96)103-82-88(94)83-105-110(99,100)106-84-89(95)85-107-111(101,102)108-87-90(109-93(98)81-78-75-72-69-66-63-60-57-52-33-30-27-24-21-18-15-12-9-6-3)86-104-92(97)80-77-74-71-68-65-62-59-56-53-50-35-32-29-26-23-20-17-14-11-8-5-2/h7-12,16-21,25-30,34-36,38-39,50,52,56-57,59,88-90,94-95H,4-6,13-15,22-24,31-33,37,40-49,51,53-55,58,60-87H2,1-3H3,(H,99,100)(H,101,102)/b10-7-,11-8-,12-9-,19-16-,20-17-,21-18-,28-25-,29-26-,30-27-,36-34-,39-38-,50-35-,57-52-,59-56-. The fourth-order valence-electron chi connectivity index (χ4n) is 11.4. The number of esters is 3. The summed E-state index contributed by atoms with van der Waals surface area (Å²) < 4.78 is 61.3. The number of allylic oxidation sites excluding steroid dienone is 28. The first-order valence-electron chi connectivity index (χ1n) is 43.4. The molecule has 0 aliphatic heterocycles. The summed E-state index contributed by atoms with van der Waals surface area (Å²) >= 11 is 0. The molecule has 0 saturated carbocycles. The van der Waals surface area contributed by atoms with Crippen molar-refractivity contribution in [2.75, 3.05) is 39.6 Å². The number of phosphoric ester groups is 2. The molecule has 0 aliphatic carbocycles. The first-order chi connectivity index (χ1) is 54.2. The quantitative estimate of drug-likeness (QED) is 0.0146. The molecule has 0 bridgehead atoms. The lowest BCUT2D eigenvalue weighted by molar-refractivity contribution is -0.161. The van der Waals surface area contributed by atoms with Crippen LogP contribution in [0.15, 0.2) is 170 Å². The number of rotatable bonds is 81. The average molecular weight is 1590 g/mol. The van der Waals surface area contributed by atoms with E-state index in [-0.39, 0.29) is 19.3 Å². The van der Waals surface area contributed by atoms with E-state index in [1.807, 2.05) is 0 Å². The predicted molar refractivity (Wildman–Crippen MR) is 463 cm³/mol. The van der Waals surface area contributed by atoms with Gasteiger partial charge in [-0.1, -0.05) is 345 Å². The lowest BCUT2D eigenvalue weighted by atomic mass is 10.0. The average Bonchev–Trinajstić information content (AvgIpc) is 0.901. The van der Waals surface area contributed by atoms with Crippen LogP contribution in [0.2, 0.25) is 0 Å². The zero-order valence-electron chi connectivity index (χ0n) is 69.6. The maximum atomic E-state index is 13.0. The molecule has 0 aromatic rings. The van der Waals surface area contributed by atoms with Crippen LogP contribution in [0.1, 0.15) is 342 Å². The normalized spacial score (nSPS) is 14.7. The number of hydrogen-bond acceptors (Lipinski definition) is 14. The Bertz CT molecular complexity index is 2700. The van der Waals surface area contributed by atoms with Gasteiger partial charge in [0, 0.05) is 19.3 Å². The number of carbonyl (C=O) groups is 3. The van der Waals surface area contributed by atoms with Gasteiger partial charge in [-0.05, 0) is 148 Å². The third-order valence-corrected chi connectivity index (χ3v) is 19.8. The molecule has 0 fully saturated rings. The van der Waals surface area contributed by atoms with Crippen molar-refractivity contribution >= 4 is 33.6 Å². The van der Waals surface area contributed by atoms with E-state index in [0.29, 0.717) is 19.3 Å². The number of ether oxygens (including phenoxy) is 3. The lowest BCUT2D eigenvalue weighted by Crippen LogP contribution is -2.30. The number of aliphatic hydroxyl groups excluding tert-OH is 2. The predicted octanol–water partition coefficient (Wildman–Crippen LogP) is 26.3. The largest absolute Gasteiger partial charge is 0.472 e. The van der Waals surface area contributed by atoms with Crippen LogP contribution >= 0.6 is 15.6 Å². The van der Waals surface area contributed by atoms with Crippen LogP contribution in [0.4, 0.5) is 0 Å². The molecule has 4 N–H and O–H groups in total. The highest BCUT2D eigenvalue weighted by atomic mass is 31.2. The van der Waals surface area contributed by atoms with Crippen LogP contribution in [0.25, 0.3) is 0 Å². The monoisotopic (exact) mass is 1590 g/mol. The Labute approximate surface area is 675 Å². The molecule has 0 aliphatic rings. The van der Waals surface area contributed by atoms with Crippen molar-refractivity contribution in [1.29, 1.82) is 0 Å². The van der Waals surface area contributed by atoms with Gasteiger partial charge in [0.2, 0.25) is 0 Å². The summed E-state index contributed by atoms with van der Waals surface area (Å²) in [6, 6.07) is 0. The van der Waals surface area contributed by atoms with Crippen molar-refractivity contribution in [3.05, 3.63) is 170 Å². The summed E-state index contributed by atoms with van der Waals surface area (Å²) in [4.78, 5) is 58.8. The summed E-state index contributed by atoms with van der Waals surface area (Å²) in [5, 5.41) is 20.7. The molecule has 0 radical (unpaired) electrons. The van der Waals surface area contributed by atoms with Crippen LogP contribution in [-0.4, -0.2) is 95.9 Å². The lowest BCUT2D eigenvalue weighted by Gasteiger charge is -2.21. The van der Waals surface area contributed by atoms with Gasteiger partial charge in [0.1, 0.15) is 25.4 Å². The van der Waals surface area contributed by atoms with Crippen molar-refractivity contribution in [1.82, 2.24) is 0 Å². The van der Waals surface area contributed by atoms with Gasteiger partial charge in [-0.25, -0.2) is 9.13 Å². The van der Waals surface area contributed by atoms with Gasteiger partial charge in [-0.2, -0.15) is 0 Å². The van der Waals surface area contributed by atoms with Crippen molar-refractivity contribution in [3.63, 3.8) is 0 Å². The van der Waals surface area contributed by atoms with Gasteiger partial charge in [0.15, 0.2) is 6.10 Å². The number of phosphoric acid groups is 2. The zero-order valence-corrected chi connectivity index (χ0v) is 71.4. The number of hydrogen-bond donors (Lipinski definition) is 4. The van der Waals surface area contributed by atoms with E-state index in [1.54, 1.807) is 0 Å². The van der Waals surface area contributed by atoms with Crippen LogP contribution in [0.5, 0.6) is 0 Å². The number of aliphatic hydroxyl groups is 2. The fraction of sp³-hybridized carbons (Fsp3) is 0.667. The SMILES string of the molecule is CC/C=C\C/C=C\C/C=C\C/C=C\C/C=C\CCCCCCCCCCCCCCCCCCCCCC(=O)OCC(O)COP(=O)(O)OCC(O)COP(=O)(O)OCC(COC(=O)CCCCCCC/C=C\C/C=C\C/C=C\C/C=C\C/C=C\CC)OC(=O)CCCCCCCC/C=C\C/C=C\C/C=C\C/C=C\CC. The van der Waals surface area contributed by atoms with Crippen LogP contribution in [0.3, 0.4) is 0 Å². The first-order valence-corrected chi connectivity index (χ1v) is 46.4. The van der Waals surface area contributed by atoms with Crippen molar-refractivity contribution in [2.24, 2.45) is 0 Å². The molecule has 0 rings (SSSR count). The molecule has 0 aromatic heterocycles. The minimum atomic E-state index is -4.95. The Balaban J connectivity index is 4.50. The zero-order chi connectivity index (χ0) is 80.8. The van der Waals surface area contributed by atoms with E-state index in [0.717, 1.165) is 180 Å². The minimum absolute atomic E-state index is 0.0787. The molecule has 5 atom stereocenters. The smallest absolute Gasteiger partial charge is 0.463 e. The topological polar surface area (TPSA) is 231 Å². The Morgan fingerprint density at radius 1 is 0.252 bits per heavy atom. The van der Waals surface area contributed by atoms with Crippen LogP contribution < -0.4 is 0 Å². The van der Waals surface area contributed by atoms with E-state index in [9.17, 15) is 43.5 Å². The van der Waals surface area contributed by atoms with E-state index in [1.165, 1.54) is 103 Å². The minimum Gasteiger partial charge on any atom is -0.463 e. The Morgan fingerprint density at radius 3 is 0.712 bits per heavy atom. The second-order valence-corrected chi connectivity index (χ2v) is 31.5. The molecule has 0 heterocycles. The molecule has 0 saturated heterocycles. The summed E-state index contributed by atoms with van der Waals surface area (Å²) in [5.41, 5.74) is 0. The van der Waals surface area contributed by atoms with Gasteiger partial charge in [0.05, 0.1) is 26.4 Å². The van der Waals surface area contributed by atoms with Gasteiger partial charge < -0.3 is 34.2 Å². The molecular weight excluding hydrogens is 1430 g/mol. The molecular formula is C93H156O16P2. The molecule has 0 spiro atoms. The third-order valence-electron chi connectivity index (χ3n) is 17.9. The van der Waals surface area contributed by atoms with E-state index < -0.39 is 91.5 Å². The van der Waals surface area contributed by atoms with Gasteiger partial charge in [-0.3, -0.25) is 32.5 Å². The fourth-order valence-corrected chi connectivity index (χ4v) is 13.0.